The van der Waals surface area contributed by atoms with E-state index in [2.05, 4.69) is 16.7 Å². The van der Waals surface area contributed by atoms with Crippen molar-refractivity contribution in [2.75, 3.05) is 0 Å². The molecule has 0 bridgehead atoms. The maximum absolute atomic E-state index is 13.0. The van der Waals surface area contributed by atoms with Gasteiger partial charge in [0, 0.05) is 25.9 Å². The molecule has 0 fully saturated rings. The summed E-state index contributed by atoms with van der Waals surface area (Å²) in [6.45, 7) is 5.22. The molecule has 0 radical (unpaired) electrons. The van der Waals surface area contributed by atoms with Gasteiger partial charge in [-0.05, 0) is 67.6 Å². The Hall–Kier alpha value is -5.04. The molecule has 4 rings (SSSR count). The minimum atomic E-state index is -0.799. The zero-order chi connectivity index (χ0) is 30.4. The number of phenols is 1. The Bertz CT molecular complexity index is 1670. The van der Waals surface area contributed by atoms with Crippen molar-refractivity contribution in [2.24, 2.45) is 7.05 Å². The predicted octanol–water partition coefficient (Wildman–Crippen LogP) is 4.58. The maximum atomic E-state index is 13.0. The van der Waals surface area contributed by atoms with Crippen molar-refractivity contribution < 1.29 is 23.8 Å². The van der Waals surface area contributed by atoms with Gasteiger partial charge in [0.05, 0.1) is 11.6 Å². The Morgan fingerprint density at radius 3 is 2.38 bits per heavy atom. The number of para-hydroxylation sites is 1. The first-order chi connectivity index (χ1) is 19.9. The Morgan fingerprint density at radius 1 is 1.02 bits per heavy atom. The second-order valence-corrected chi connectivity index (χ2v) is 11.1. The van der Waals surface area contributed by atoms with Crippen molar-refractivity contribution in [2.45, 2.75) is 57.7 Å². The number of carbonyl (C=O) groups excluding carboxylic acids is 2. The highest BCUT2D eigenvalue weighted by Gasteiger charge is 2.24. The number of oxazole rings is 1. The Morgan fingerprint density at radius 2 is 1.71 bits per heavy atom. The van der Waals surface area contributed by atoms with Crippen molar-refractivity contribution in [1.29, 1.82) is 5.26 Å². The number of carbonyl (C=O) groups is 2. The molecule has 0 saturated heterocycles. The lowest BCUT2D eigenvalue weighted by Crippen LogP contribution is -2.44. The van der Waals surface area contributed by atoms with Crippen LogP contribution in [0.1, 0.15) is 38.3 Å². The quantitative estimate of drug-likeness (QED) is 0.267. The van der Waals surface area contributed by atoms with Crippen LogP contribution in [-0.2, 0) is 29.4 Å². The van der Waals surface area contributed by atoms with Gasteiger partial charge >= 0.3 is 11.8 Å². The summed E-state index contributed by atoms with van der Waals surface area (Å²) in [5.41, 5.74) is 3.72. The van der Waals surface area contributed by atoms with Crippen LogP contribution in [0.15, 0.2) is 75.9 Å². The highest BCUT2D eigenvalue weighted by molar-refractivity contribution is 5.81. The molecular weight excluding hydrogens is 536 g/mol. The molecule has 2 amide bonds. The highest BCUT2D eigenvalue weighted by atomic mass is 16.6. The Labute approximate surface area is 243 Å². The lowest BCUT2D eigenvalue weighted by Gasteiger charge is -2.24. The number of nitrogens with zero attached hydrogens (tertiary/aromatic N) is 2. The van der Waals surface area contributed by atoms with Crippen LogP contribution in [-0.4, -0.2) is 39.4 Å². The third-order valence-electron chi connectivity index (χ3n) is 6.62. The van der Waals surface area contributed by atoms with Crippen molar-refractivity contribution >= 4 is 23.1 Å². The highest BCUT2D eigenvalue weighted by Crippen LogP contribution is 2.25. The molecule has 0 spiro atoms. The van der Waals surface area contributed by atoms with Gasteiger partial charge in [0.1, 0.15) is 17.4 Å². The maximum Gasteiger partial charge on any atom is 0.419 e. The van der Waals surface area contributed by atoms with E-state index in [4.69, 9.17) is 9.15 Å². The zero-order valence-corrected chi connectivity index (χ0v) is 24.0. The number of benzene rings is 3. The van der Waals surface area contributed by atoms with Crippen LogP contribution < -0.4 is 16.4 Å². The van der Waals surface area contributed by atoms with Crippen LogP contribution in [0.5, 0.6) is 5.75 Å². The van der Waals surface area contributed by atoms with Gasteiger partial charge in [-0.25, -0.2) is 9.59 Å². The summed E-state index contributed by atoms with van der Waals surface area (Å²) in [5.74, 6) is -0.790. The van der Waals surface area contributed by atoms with E-state index >= 15 is 0 Å². The van der Waals surface area contributed by atoms with Crippen LogP contribution in [0.4, 0.5) is 4.79 Å². The standard InChI is InChI=1S/C32H34N4O6/c1-32(2,3)42-30(39)35-24(16-23-7-5-6-8-27(23)37)18-29(38)34-25(19-33)15-20-9-11-21(12-10-20)22-13-14-28-26(17-22)36(4)31(40)41-28/h5-14,17,24-25,37H,15-16,18H2,1-4H3,(H,34,38)(H,35,39)/t24?,25-/m0/s1. The number of hydrogen-bond donors (Lipinski definition) is 3. The van der Waals surface area contributed by atoms with Gasteiger partial charge in [-0.15, -0.1) is 0 Å². The molecular formula is C32H34N4O6. The van der Waals surface area contributed by atoms with E-state index in [1.165, 1.54) is 10.6 Å². The molecule has 1 aromatic heterocycles. The summed E-state index contributed by atoms with van der Waals surface area (Å²) in [6, 6.07) is 20.5. The third kappa shape index (κ3) is 7.79. The van der Waals surface area contributed by atoms with Gasteiger partial charge in [0.25, 0.3) is 0 Å². The molecule has 10 nitrogen and oxygen atoms in total. The number of ether oxygens (including phenoxy) is 1. The molecule has 0 aliphatic heterocycles. The van der Waals surface area contributed by atoms with Crippen molar-refractivity contribution in [3.05, 3.63) is 88.4 Å². The average Bonchev–Trinajstić information content (AvgIpc) is 3.21. The van der Waals surface area contributed by atoms with Crippen LogP contribution in [0.25, 0.3) is 22.2 Å². The monoisotopic (exact) mass is 570 g/mol. The summed E-state index contributed by atoms with van der Waals surface area (Å²) >= 11 is 0. The van der Waals surface area contributed by atoms with E-state index < -0.39 is 35.4 Å². The van der Waals surface area contributed by atoms with Crippen LogP contribution in [0.2, 0.25) is 0 Å². The summed E-state index contributed by atoms with van der Waals surface area (Å²) in [5, 5.41) is 25.4. The van der Waals surface area contributed by atoms with Gasteiger partial charge in [0.15, 0.2) is 5.58 Å². The Kier molecular flexibility index (Phi) is 9.01. The van der Waals surface area contributed by atoms with Gasteiger partial charge in [-0.2, -0.15) is 5.26 Å². The SMILES string of the molecule is Cn1c(=O)oc2ccc(-c3ccc(C[C@@H](C#N)NC(=O)CC(Cc4ccccc4O)NC(=O)OC(C)(C)C)cc3)cc21. The molecule has 1 heterocycles. The first kappa shape index (κ1) is 29.9. The molecule has 10 heteroatoms. The van der Waals surface area contributed by atoms with E-state index in [9.17, 15) is 24.8 Å². The number of aryl methyl sites for hydroxylation is 1. The summed E-state index contributed by atoms with van der Waals surface area (Å²) in [7, 11) is 1.65. The molecule has 0 saturated carbocycles. The first-order valence-electron chi connectivity index (χ1n) is 13.6. The number of fused-ring (bicyclic) bond motifs is 1. The number of hydrogen-bond acceptors (Lipinski definition) is 7. The largest absolute Gasteiger partial charge is 0.508 e. The fourth-order valence-electron chi connectivity index (χ4n) is 4.58. The fraction of sp³-hybridized carbons (Fsp3) is 0.312. The lowest BCUT2D eigenvalue weighted by atomic mass is 10.00. The van der Waals surface area contributed by atoms with E-state index in [-0.39, 0.29) is 25.0 Å². The molecule has 3 aromatic carbocycles. The normalized spacial score (nSPS) is 12.7. The van der Waals surface area contributed by atoms with Gasteiger partial charge in [0.2, 0.25) is 5.91 Å². The molecule has 1 unspecified atom stereocenters. The van der Waals surface area contributed by atoms with Gasteiger partial charge < -0.3 is 24.9 Å². The minimum Gasteiger partial charge on any atom is -0.508 e. The smallest absolute Gasteiger partial charge is 0.419 e. The summed E-state index contributed by atoms with van der Waals surface area (Å²) in [6.07, 6.45) is -0.330. The molecule has 42 heavy (non-hydrogen) atoms. The lowest BCUT2D eigenvalue weighted by molar-refractivity contribution is -0.121. The van der Waals surface area contributed by atoms with Crippen molar-refractivity contribution in [1.82, 2.24) is 15.2 Å². The van der Waals surface area contributed by atoms with E-state index in [1.807, 2.05) is 36.4 Å². The number of nitriles is 1. The van der Waals surface area contributed by atoms with Crippen LogP contribution in [0, 0.1) is 11.3 Å². The van der Waals surface area contributed by atoms with E-state index in [1.54, 1.807) is 52.1 Å². The second-order valence-electron chi connectivity index (χ2n) is 11.1. The van der Waals surface area contributed by atoms with Crippen molar-refractivity contribution in [3.63, 3.8) is 0 Å². The van der Waals surface area contributed by atoms with Gasteiger partial charge in [-0.1, -0.05) is 48.5 Å². The number of phenolic OH excluding ortho intramolecular Hbond substituents is 1. The number of aromatic nitrogens is 1. The molecule has 4 aromatic rings. The summed E-state index contributed by atoms with van der Waals surface area (Å²) < 4.78 is 12.0. The number of rotatable bonds is 9. The number of alkyl carbamates (subject to hydrolysis) is 1. The minimum absolute atomic E-state index is 0.0565. The first-order valence-corrected chi connectivity index (χ1v) is 13.6. The van der Waals surface area contributed by atoms with E-state index in [0.717, 1.165) is 16.7 Å². The molecule has 2 atom stereocenters. The predicted molar refractivity (Wildman–Crippen MR) is 158 cm³/mol. The average molecular weight is 571 g/mol. The third-order valence-corrected chi connectivity index (χ3v) is 6.62. The Balaban J connectivity index is 1.41. The number of amides is 2. The molecule has 218 valence electrons. The zero-order valence-electron chi connectivity index (χ0n) is 24.0. The molecule has 0 aliphatic rings. The molecule has 0 aliphatic carbocycles. The number of aromatic hydroxyl groups is 1. The topological polar surface area (TPSA) is 147 Å². The van der Waals surface area contributed by atoms with E-state index in [0.29, 0.717) is 16.7 Å². The van der Waals surface area contributed by atoms with Crippen LogP contribution >= 0.6 is 0 Å². The second kappa shape index (κ2) is 12.6. The van der Waals surface area contributed by atoms with Crippen LogP contribution in [0.3, 0.4) is 0 Å². The van der Waals surface area contributed by atoms with Crippen molar-refractivity contribution in [3.8, 4) is 22.9 Å². The molecule has 3 N–H and O–H groups in total. The fourth-order valence-corrected chi connectivity index (χ4v) is 4.58. The van der Waals surface area contributed by atoms with Gasteiger partial charge in [-0.3, -0.25) is 9.36 Å². The summed E-state index contributed by atoms with van der Waals surface area (Å²) in [4.78, 5) is 37.2. The number of nitrogens with one attached hydrogen (secondary N) is 2.